The van der Waals surface area contributed by atoms with Crippen molar-refractivity contribution in [1.82, 2.24) is 10.3 Å². The Morgan fingerprint density at radius 2 is 2.38 bits per heavy atom. The summed E-state index contributed by atoms with van der Waals surface area (Å²) in [5.41, 5.74) is 0. The second kappa shape index (κ2) is 6.33. The molecule has 1 aromatic rings. The van der Waals surface area contributed by atoms with E-state index in [1.165, 1.54) is 30.7 Å². The average Bonchev–Trinajstić information content (AvgIpc) is 2.97. The SMILES string of the molecule is COCCNC(c1nccs1)C1CCCC1. The Balaban J connectivity index is 1.95. The normalized spacial score (nSPS) is 19.1. The molecule has 0 aliphatic heterocycles. The summed E-state index contributed by atoms with van der Waals surface area (Å²) in [4.78, 5) is 4.46. The maximum absolute atomic E-state index is 5.09. The molecule has 0 saturated heterocycles. The van der Waals surface area contributed by atoms with Crippen molar-refractivity contribution in [1.29, 1.82) is 0 Å². The van der Waals surface area contributed by atoms with E-state index >= 15 is 0 Å². The number of hydrogen-bond donors (Lipinski definition) is 1. The average molecular weight is 240 g/mol. The molecule has 1 unspecified atom stereocenters. The molecular weight excluding hydrogens is 220 g/mol. The van der Waals surface area contributed by atoms with E-state index in [0.29, 0.717) is 6.04 Å². The highest BCUT2D eigenvalue weighted by molar-refractivity contribution is 7.09. The highest BCUT2D eigenvalue weighted by Gasteiger charge is 2.27. The second-order valence-electron chi connectivity index (χ2n) is 4.34. The molecule has 1 fully saturated rings. The van der Waals surface area contributed by atoms with Gasteiger partial charge < -0.3 is 10.1 Å². The van der Waals surface area contributed by atoms with Crippen molar-refractivity contribution in [3.05, 3.63) is 16.6 Å². The summed E-state index contributed by atoms with van der Waals surface area (Å²) in [6.45, 7) is 1.69. The van der Waals surface area contributed by atoms with Crippen molar-refractivity contribution in [3.63, 3.8) is 0 Å². The van der Waals surface area contributed by atoms with E-state index < -0.39 is 0 Å². The van der Waals surface area contributed by atoms with E-state index in [1.54, 1.807) is 18.4 Å². The number of rotatable bonds is 6. The molecule has 1 aromatic heterocycles. The summed E-state index contributed by atoms with van der Waals surface area (Å²) in [7, 11) is 1.75. The van der Waals surface area contributed by atoms with Crippen LogP contribution < -0.4 is 5.32 Å². The van der Waals surface area contributed by atoms with Crippen molar-refractivity contribution in [2.24, 2.45) is 5.92 Å². The zero-order chi connectivity index (χ0) is 11.2. The molecule has 0 amide bonds. The van der Waals surface area contributed by atoms with Gasteiger partial charge in [0.2, 0.25) is 0 Å². The summed E-state index contributed by atoms with van der Waals surface area (Å²) in [6.07, 6.45) is 7.32. The largest absolute Gasteiger partial charge is 0.383 e. The van der Waals surface area contributed by atoms with Gasteiger partial charge in [0.15, 0.2) is 0 Å². The topological polar surface area (TPSA) is 34.1 Å². The van der Waals surface area contributed by atoms with Crippen LogP contribution in [0.2, 0.25) is 0 Å². The van der Waals surface area contributed by atoms with E-state index in [0.717, 1.165) is 19.1 Å². The maximum atomic E-state index is 5.09. The fourth-order valence-corrected chi connectivity index (χ4v) is 3.26. The highest BCUT2D eigenvalue weighted by atomic mass is 32.1. The van der Waals surface area contributed by atoms with Gasteiger partial charge in [-0.05, 0) is 18.8 Å². The van der Waals surface area contributed by atoms with Crippen LogP contribution in [0.15, 0.2) is 11.6 Å². The number of methoxy groups -OCH3 is 1. The van der Waals surface area contributed by atoms with Gasteiger partial charge in [-0.3, -0.25) is 0 Å². The fourth-order valence-electron chi connectivity index (χ4n) is 2.45. The van der Waals surface area contributed by atoms with Crippen LogP contribution >= 0.6 is 11.3 Å². The lowest BCUT2D eigenvalue weighted by Gasteiger charge is -2.22. The molecule has 4 heteroatoms. The zero-order valence-electron chi connectivity index (χ0n) is 9.82. The van der Waals surface area contributed by atoms with Gasteiger partial charge >= 0.3 is 0 Å². The minimum Gasteiger partial charge on any atom is -0.383 e. The predicted octanol–water partition coefficient (Wildman–Crippen LogP) is 2.61. The molecule has 3 nitrogen and oxygen atoms in total. The van der Waals surface area contributed by atoms with Crippen LogP contribution in [0.4, 0.5) is 0 Å². The lowest BCUT2D eigenvalue weighted by Crippen LogP contribution is -2.29. The van der Waals surface area contributed by atoms with Crippen LogP contribution in [0.1, 0.15) is 36.7 Å². The minimum absolute atomic E-state index is 0.442. The summed E-state index contributed by atoms with van der Waals surface area (Å²) < 4.78 is 5.09. The number of hydrogen-bond acceptors (Lipinski definition) is 4. The third-order valence-electron chi connectivity index (χ3n) is 3.26. The first-order valence-electron chi connectivity index (χ1n) is 6.03. The zero-order valence-corrected chi connectivity index (χ0v) is 10.6. The first-order chi connectivity index (χ1) is 7.92. The van der Waals surface area contributed by atoms with Crippen LogP contribution in [0.25, 0.3) is 0 Å². The quantitative estimate of drug-likeness (QED) is 0.776. The second-order valence-corrected chi connectivity index (χ2v) is 5.27. The van der Waals surface area contributed by atoms with Gasteiger partial charge in [0, 0.05) is 25.2 Å². The lowest BCUT2D eigenvalue weighted by molar-refractivity contribution is 0.190. The van der Waals surface area contributed by atoms with E-state index in [9.17, 15) is 0 Å². The van der Waals surface area contributed by atoms with Crippen molar-refractivity contribution in [2.45, 2.75) is 31.7 Å². The third kappa shape index (κ3) is 3.03. The molecule has 1 N–H and O–H groups in total. The molecule has 1 heterocycles. The molecule has 1 aliphatic rings. The lowest BCUT2D eigenvalue weighted by atomic mass is 9.98. The molecule has 1 saturated carbocycles. The molecular formula is C12H20N2OS. The number of ether oxygens (including phenoxy) is 1. The van der Waals surface area contributed by atoms with Crippen LogP contribution in [-0.4, -0.2) is 25.2 Å². The minimum atomic E-state index is 0.442. The Bertz CT molecular complexity index is 283. The van der Waals surface area contributed by atoms with Crippen molar-refractivity contribution >= 4 is 11.3 Å². The van der Waals surface area contributed by atoms with Crippen molar-refractivity contribution < 1.29 is 4.74 Å². The fraction of sp³-hybridized carbons (Fsp3) is 0.750. The van der Waals surface area contributed by atoms with Crippen molar-refractivity contribution in [3.8, 4) is 0 Å². The Hall–Kier alpha value is -0.450. The maximum Gasteiger partial charge on any atom is 0.110 e. The molecule has 0 aromatic carbocycles. The standard InChI is InChI=1S/C12H20N2OS/c1-15-8-6-13-11(10-4-2-3-5-10)12-14-7-9-16-12/h7,9-11,13H,2-6,8H2,1H3. The van der Waals surface area contributed by atoms with Gasteiger partial charge in [-0.25, -0.2) is 4.98 Å². The highest BCUT2D eigenvalue weighted by Crippen LogP contribution is 2.36. The number of nitrogens with zero attached hydrogens (tertiary/aromatic N) is 1. The van der Waals surface area contributed by atoms with Crippen LogP contribution in [0.3, 0.4) is 0 Å². The molecule has 0 radical (unpaired) electrons. The molecule has 2 rings (SSSR count). The van der Waals surface area contributed by atoms with E-state index in [4.69, 9.17) is 4.74 Å². The molecule has 90 valence electrons. The summed E-state index contributed by atoms with van der Waals surface area (Å²) >= 11 is 1.76. The van der Waals surface area contributed by atoms with Gasteiger partial charge in [-0.2, -0.15) is 0 Å². The van der Waals surface area contributed by atoms with Gasteiger partial charge in [-0.1, -0.05) is 12.8 Å². The van der Waals surface area contributed by atoms with Gasteiger partial charge in [0.25, 0.3) is 0 Å². The van der Waals surface area contributed by atoms with Crippen LogP contribution in [-0.2, 0) is 4.74 Å². The van der Waals surface area contributed by atoms with Gasteiger partial charge in [-0.15, -0.1) is 11.3 Å². The molecule has 0 spiro atoms. The third-order valence-corrected chi connectivity index (χ3v) is 4.12. The number of nitrogens with one attached hydrogen (secondary N) is 1. The smallest absolute Gasteiger partial charge is 0.110 e. The predicted molar refractivity (Wildman–Crippen MR) is 66.7 cm³/mol. The summed E-state index contributed by atoms with van der Waals surface area (Å²) in [5, 5.41) is 6.89. The number of aromatic nitrogens is 1. The van der Waals surface area contributed by atoms with Crippen LogP contribution in [0.5, 0.6) is 0 Å². The Morgan fingerprint density at radius 3 is 3.00 bits per heavy atom. The summed E-state index contributed by atoms with van der Waals surface area (Å²) in [5.74, 6) is 0.767. The molecule has 1 aliphatic carbocycles. The molecule has 1 atom stereocenters. The Morgan fingerprint density at radius 1 is 1.56 bits per heavy atom. The molecule has 16 heavy (non-hydrogen) atoms. The summed E-state index contributed by atoms with van der Waals surface area (Å²) in [6, 6.07) is 0.442. The van der Waals surface area contributed by atoms with Gasteiger partial charge in [0.05, 0.1) is 12.6 Å². The van der Waals surface area contributed by atoms with Gasteiger partial charge in [0.1, 0.15) is 5.01 Å². The Kier molecular flexibility index (Phi) is 4.75. The first-order valence-corrected chi connectivity index (χ1v) is 6.91. The van der Waals surface area contributed by atoms with E-state index in [2.05, 4.69) is 15.7 Å². The van der Waals surface area contributed by atoms with Crippen LogP contribution in [0, 0.1) is 5.92 Å². The Labute approximate surface area is 101 Å². The molecule has 0 bridgehead atoms. The van der Waals surface area contributed by atoms with Crippen molar-refractivity contribution in [2.75, 3.05) is 20.3 Å². The van der Waals surface area contributed by atoms with E-state index in [-0.39, 0.29) is 0 Å². The number of thiazole rings is 1. The monoisotopic (exact) mass is 240 g/mol. The van der Waals surface area contributed by atoms with E-state index in [1.807, 2.05) is 6.20 Å². The first kappa shape index (κ1) is 12.0.